The summed E-state index contributed by atoms with van der Waals surface area (Å²) >= 11 is 0. The maximum absolute atomic E-state index is 12.3. The standard InChI is InChI=1S/C20H25N5O5/c1-2-3-11-30-19-23-17(21)16-18(24-19)25(20(28)22-16)10-12-29-14-7-4-13(5-8-14)6-9-15(26)27/h4-5,7-8H,2-3,6,9-12H2,1H3,(H,22,28)(H,26,27)(H2,21,23,24). The first-order valence-corrected chi connectivity index (χ1v) is 9.80. The maximum atomic E-state index is 12.3. The van der Waals surface area contributed by atoms with E-state index in [1.807, 2.05) is 12.1 Å². The summed E-state index contributed by atoms with van der Waals surface area (Å²) < 4.78 is 12.7. The highest BCUT2D eigenvalue weighted by Crippen LogP contribution is 2.18. The molecule has 2 heterocycles. The van der Waals surface area contributed by atoms with Gasteiger partial charge in [0.05, 0.1) is 13.2 Å². The molecule has 0 saturated heterocycles. The van der Waals surface area contributed by atoms with Gasteiger partial charge in [-0.25, -0.2) is 4.79 Å². The van der Waals surface area contributed by atoms with Crippen molar-refractivity contribution in [1.29, 1.82) is 0 Å². The molecular weight excluding hydrogens is 390 g/mol. The first-order chi connectivity index (χ1) is 14.5. The van der Waals surface area contributed by atoms with Crippen molar-refractivity contribution in [3.8, 4) is 11.8 Å². The molecule has 10 heteroatoms. The summed E-state index contributed by atoms with van der Waals surface area (Å²) in [7, 11) is 0. The van der Waals surface area contributed by atoms with Gasteiger partial charge in [0.2, 0.25) is 0 Å². The zero-order valence-electron chi connectivity index (χ0n) is 16.8. The Morgan fingerprint density at radius 2 is 1.97 bits per heavy atom. The number of ether oxygens (including phenoxy) is 2. The Hall–Kier alpha value is -3.56. The van der Waals surface area contributed by atoms with Crippen LogP contribution in [-0.4, -0.2) is 43.8 Å². The lowest BCUT2D eigenvalue weighted by atomic mass is 10.1. The highest BCUT2D eigenvalue weighted by atomic mass is 16.5. The normalized spacial score (nSPS) is 11.0. The summed E-state index contributed by atoms with van der Waals surface area (Å²) in [6.45, 7) is 3.01. The molecule has 0 bridgehead atoms. The predicted molar refractivity (Wildman–Crippen MR) is 111 cm³/mol. The van der Waals surface area contributed by atoms with Crippen LogP contribution in [0.2, 0.25) is 0 Å². The third-order valence-electron chi connectivity index (χ3n) is 4.49. The van der Waals surface area contributed by atoms with Crippen LogP contribution in [0.15, 0.2) is 29.1 Å². The van der Waals surface area contributed by atoms with Gasteiger partial charge < -0.3 is 25.3 Å². The van der Waals surface area contributed by atoms with Gasteiger partial charge in [0.1, 0.15) is 17.9 Å². The molecule has 0 atom stereocenters. The Morgan fingerprint density at radius 3 is 2.67 bits per heavy atom. The van der Waals surface area contributed by atoms with Crippen molar-refractivity contribution in [2.24, 2.45) is 0 Å². The van der Waals surface area contributed by atoms with E-state index in [9.17, 15) is 9.59 Å². The van der Waals surface area contributed by atoms with Gasteiger partial charge in [-0.1, -0.05) is 25.5 Å². The second-order valence-electron chi connectivity index (χ2n) is 6.76. The number of hydrogen-bond acceptors (Lipinski definition) is 7. The summed E-state index contributed by atoms with van der Waals surface area (Å²) in [6, 6.07) is 7.33. The number of aliphatic carboxylic acids is 1. The molecule has 0 saturated carbocycles. The van der Waals surface area contributed by atoms with E-state index in [2.05, 4.69) is 21.9 Å². The topological polar surface area (TPSA) is 145 Å². The molecule has 0 fully saturated rings. The van der Waals surface area contributed by atoms with Crippen LogP contribution in [0, 0.1) is 0 Å². The molecule has 0 radical (unpaired) electrons. The zero-order chi connectivity index (χ0) is 21.5. The lowest BCUT2D eigenvalue weighted by Gasteiger charge is -2.09. The minimum absolute atomic E-state index is 0.0822. The molecule has 3 rings (SSSR count). The lowest BCUT2D eigenvalue weighted by Crippen LogP contribution is -2.20. The molecule has 0 spiro atoms. The summed E-state index contributed by atoms with van der Waals surface area (Å²) in [6.07, 6.45) is 2.39. The monoisotopic (exact) mass is 415 g/mol. The van der Waals surface area contributed by atoms with E-state index in [-0.39, 0.29) is 37.1 Å². The number of rotatable bonds is 11. The van der Waals surface area contributed by atoms with E-state index < -0.39 is 5.97 Å². The van der Waals surface area contributed by atoms with Gasteiger partial charge in [-0.3, -0.25) is 9.36 Å². The van der Waals surface area contributed by atoms with Crippen molar-refractivity contribution in [2.45, 2.75) is 39.2 Å². The average Bonchev–Trinajstić information content (AvgIpc) is 3.04. The van der Waals surface area contributed by atoms with Gasteiger partial charge in [-0.05, 0) is 30.5 Å². The largest absolute Gasteiger partial charge is 0.492 e. The number of carbonyl (C=O) groups is 1. The van der Waals surface area contributed by atoms with E-state index in [0.29, 0.717) is 29.9 Å². The van der Waals surface area contributed by atoms with E-state index in [0.717, 1.165) is 18.4 Å². The molecule has 0 aliphatic rings. The number of aryl methyl sites for hydroxylation is 1. The number of fused-ring (bicyclic) bond motifs is 1. The molecule has 10 nitrogen and oxygen atoms in total. The first-order valence-electron chi connectivity index (χ1n) is 9.80. The second-order valence-corrected chi connectivity index (χ2v) is 6.76. The molecule has 1 aromatic carbocycles. The molecular formula is C20H25N5O5. The number of aromatic amines is 1. The van der Waals surface area contributed by atoms with Crippen LogP contribution in [0.5, 0.6) is 11.8 Å². The second kappa shape index (κ2) is 9.77. The average molecular weight is 415 g/mol. The highest BCUT2D eigenvalue weighted by molar-refractivity contribution is 5.81. The zero-order valence-corrected chi connectivity index (χ0v) is 16.8. The van der Waals surface area contributed by atoms with Crippen LogP contribution in [0.4, 0.5) is 5.82 Å². The number of carboxylic acids is 1. The Morgan fingerprint density at radius 1 is 1.20 bits per heavy atom. The van der Waals surface area contributed by atoms with Crippen LogP contribution < -0.4 is 20.9 Å². The van der Waals surface area contributed by atoms with Crippen molar-refractivity contribution < 1.29 is 19.4 Å². The van der Waals surface area contributed by atoms with E-state index in [1.165, 1.54) is 4.57 Å². The minimum atomic E-state index is -0.831. The van der Waals surface area contributed by atoms with Gasteiger partial charge in [0.15, 0.2) is 11.5 Å². The van der Waals surface area contributed by atoms with Gasteiger partial charge in [0, 0.05) is 6.42 Å². The van der Waals surface area contributed by atoms with Crippen molar-refractivity contribution >= 4 is 23.0 Å². The number of carboxylic acid groups (broad SMARTS) is 1. The highest BCUT2D eigenvalue weighted by Gasteiger charge is 2.14. The van der Waals surface area contributed by atoms with Crippen molar-refractivity contribution in [1.82, 2.24) is 19.5 Å². The van der Waals surface area contributed by atoms with Crippen LogP contribution >= 0.6 is 0 Å². The smallest absolute Gasteiger partial charge is 0.327 e. The maximum Gasteiger partial charge on any atom is 0.327 e. The fourth-order valence-corrected chi connectivity index (χ4v) is 2.87. The van der Waals surface area contributed by atoms with Crippen molar-refractivity contribution in [2.75, 3.05) is 18.9 Å². The Bertz CT molecular complexity index is 1060. The van der Waals surface area contributed by atoms with Gasteiger partial charge in [-0.2, -0.15) is 9.97 Å². The van der Waals surface area contributed by atoms with E-state index in [4.69, 9.17) is 20.3 Å². The third kappa shape index (κ3) is 5.28. The lowest BCUT2D eigenvalue weighted by molar-refractivity contribution is -0.136. The Kier molecular flexibility index (Phi) is 6.89. The summed E-state index contributed by atoms with van der Waals surface area (Å²) in [4.78, 5) is 34.0. The molecule has 2 aromatic heterocycles. The molecule has 0 unspecified atom stereocenters. The van der Waals surface area contributed by atoms with E-state index >= 15 is 0 Å². The fourth-order valence-electron chi connectivity index (χ4n) is 2.87. The summed E-state index contributed by atoms with van der Waals surface area (Å²) in [5.41, 5.74) is 7.23. The number of hydrogen-bond donors (Lipinski definition) is 3. The van der Waals surface area contributed by atoms with E-state index in [1.54, 1.807) is 12.1 Å². The number of nitrogens with zero attached hydrogens (tertiary/aromatic N) is 3. The van der Waals surface area contributed by atoms with Crippen LogP contribution in [0.1, 0.15) is 31.7 Å². The number of anilines is 1. The third-order valence-corrected chi connectivity index (χ3v) is 4.49. The van der Waals surface area contributed by atoms with Crippen molar-refractivity contribution in [3.05, 3.63) is 40.3 Å². The molecule has 0 aliphatic carbocycles. The number of H-pyrrole nitrogens is 1. The number of nitrogen functional groups attached to an aromatic ring is 1. The van der Waals surface area contributed by atoms with Gasteiger partial charge in [-0.15, -0.1) is 0 Å². The van der Waals surface area contributed by atoms with Gasteiger partial charge in [0.25, 0.3) is 0 Å². The Balaban J connectivity index is 1.66. The van der Waals surface area contributed by atoms with Crippen LogP contribution in [0.3, 0.4) is 0 Å². The number of unbranched alkanes of at least 4 members (excludes halogenated alkanes) is 1. The molecule has 3 aromatic rings. The quantitative estimate of drug-likeness (QED) is 0.403. The minimum Gasteiger partial charge on any atom is -0.492 e. The van der Waals surface area contributed by atoms with Gasteiger partial charge >= 0.3 is 17.7 Å². The molecule has 160 valence electrons. The molecule has 30 heavy (non-hydrogen) atoms. The Labute approximate surface area is 172 Å². The number of benzene rings is 1. The summed E-state index contributed by atoms with van der Waals surface area (Å²) in [5, 5.41) is 8.74. The molecule has 0 aliphatic heterocycles. The molecule has 0 amide bonds. The molecule has 4 N–H and O–H groups in total. The first kappa shape index (κ1) is 21.2. The number of imidazole rings is 1. The number of nitrogens with two attached hydrogens (primary N) is 1. The van der Waals surface area contributed by atoms with Crippen LogP contribution in [-0.2, 0) is 17.8 Å². The summed E-state index contributed by atoms with van der Waals surface area (Å²) in [5.74, 6) is -0.0530. The van der Waals surface area contributed by atoms with Crippen molar-refractivity contribution in [3.63, 3.8) is 0 Å². The number of aromatic nitrogens is 4. The SMILES string of the molecule is CCCCOc1nc(N)c2[nH]c(=O)n(CCOc3ccc(CCC(=O)O)cc3)c2n1. The predicted octanol–water partition coefficient (Wildman–Crippen LogP) is 1.98. The van der Waals surface area contributed by atoms with Crippen LogP contribution in [0.25, 0.3) is 11.2 Å². The fraction of sp³-hybridized carbons (Fsp3) is 0.400. The number of nitrogens with one attached hydrogen (secondary N) is 1.